The van der Waals surface area contributed by atoms with Crippen LogP contribution in [0.4, 0.5) is 0 Å². The van der Waals surface area contributed by atoms with E-state index in [1.807, 2.05) is 37.2 Å². The molecular weight excluding hydrogens is 214 g/mol. The van der Waals surface area contributed by atoms with Crippen molar-refractivity contribution in [3.8, 4) is 0 Å². The lowest BCUT2D eigenvalue weighted by Gasteiger charge is -2.19. The van der Waals surface area contributed by atoms with Crippen molar-refractivity contribution >= 4 is 5.91 Å². The van der Waals surface area contributed by atoms with Crippen LogP contribution in [-0.2, 0) is 11.2 Å². The molecule has 0 fully saturated rings. The average Bonchev–Trinajstić information content (AvgIpc) is 2.55. The van der Waals surface area contributed by atoms with Crippen LogP contribution < -0.4 is 11.1 Å². The van der Waals surface area contributed by atoms with Gasteiger partial charge in [-0.1, -0.05) is 24.3 Å². The molecule has 1 aliphatic rings. The molecule has 4 nitrogen and oxygen atoms in total. The number of rotatable bonds is 3. The van der Waals surface area contributed by atoms with Crippen molar-refractivity contribution in [2.45, 2.75) is 18.5 Å². The molecule has 0 saturated carbocycles. The standard InChI is InChI=1S/C13H19N3O/c1-16(2)8-12(17)15-11-7-9-5-3-4-6-10(9)13(11)14/h3-6,11,13H,7-8,14H2,1-2H3,(H,15,17)/t11-,13-/m0/s1. The van der Waals surface area contributed by atoms with Crippen LogP contribution in [0.15, 0.2) is 24.3 Å². The van der Waals surface area contributed by atoms with Gasteiger partial charge in [0.2, 0.25) is 5.91 Å². The second kappa shape index (κ2) is 4.85. The number of nitrogens with two attached hydrogens (primary N) is 1. The third-order valence-corrected chi connectivity index (χ3v) is 3.09. The SMILES string of the molecule is CN(C)CC(=O)N[C@H]1Cc2ccccc2[C@@H]1N. The van der Waals surface area contributed by atoms with Crippen molar-refractivity contribution in [1.82, 2.24) is 10.2 Å². The van der Waals surface area contributed by atoms with Crippen LogP contribution in [0, 0.1) is 0 Å². The van der Waals surface area contributed by atoms with Crippen molar-refractivity contribution in [3.63, 3.8) is 0 Å². The summed E-state index contributed by atoms with van der Waals surface area (Å²) in [6.07, 6.45) is 0.830. The first-order chi connectivity index (χ1) is 8.08. The van der Waals surface area contributed by atoms with Crippen LogP contribution in [0.5, 0.6) is 0 Å². The summed E-state index contributed by atoms with van der Waals surface area (Å²) in [5, 5.41) is 3.00. The quantitative estimate of drug-likeness (QED) is 0.789. The van der Waals surface area contributed by atoms with Crippen molar-refractivity contribution in [1.29, 1.82) is 0 Å². The molecule has 1 amide bonds. The van der Waals surface area contributed by atoms with E-state index in [1.54, 1.807) is 0 Å². The molecule has 2 rings (SSSR count). The van der Waals surface area contributed by atoms with Gasteiger partial charge in [-0.15, -0.1) is 0 Å². The normalized spacial score (nSPS) is 22.6. The Hall–Kier alpha value is -1.39. The monoisotopic (exact) mass is 233 g/mol. The molecule has 2 atom stereocenters. The van der Waals surface area contributed by atoms with E-state index in [-0.39, 0.29) is 18.0 Å². The van der Waals surface area contributed by atoms with Gasteiger partial charge in [0, 0.05) is 0 Å². The molecule has 0 unspecified atom stereocenters. The van der Waals surface area contributed by atoms with Crippen LogP contribution in [0.1, 0.15) is 17.2 Å². The van der Waals surface area contributed by atoms with E-state index in [2.05, 4.69) is 11.4 Å². The Labute approximate surface area is 102 Å². The topological polar surface area (TPSA) is 58.4 Å². The molecule has 3 N–H and O–H groups in total. The van der Waals surface area contributed by atoms with Crippen LogP contribution in [0.2, 0.25) is 0 Å². The minimum Gasteiger partial charge on any atom is -0.350 e. The zero-order valence-corrected chi connectivity index (χ0v) is 10.3. The number of hydrogen-bond acceptors (Lipinski definition) is 3. The Balaban J connectivity index is 2.00. The van der Waals surface area contributed by atoms with Crippen molar-refractivity contribution in [2.75, 3.05) is 20.6 Å². The highest BCUT2D eigenvalue weighted by Gasteiger charge is 2.30. The van der Waals surface area contributed by atoms with Crippen LogP contribution >= 0.6 is 0 Å². The van der Waals surface area contributed by atoms with Gasteiger partial charge in [0.1, 0.15) is 0 Å². The summed E-state index contributed by atoms with van der Waals surface area (Å²) >= 11 is 0. The van der Waals surface area contributed by atoms with Gasteiger partial charge < -0.3 is 16.0 Å². The Morgan fingerprint density at radius 2 is 2.18 bits per heavy atom. The van der Waals surface area contributed by atoms with Gasteiger partial charge >= 0.3 is 0 Å². The molecular formula is C13H19N3O. The van der Waals surface area contributed by atoms with Crippen LogP contribution in [-0.4, -0.2) is 37.5 Å². The molecule has 92 valence electrons. The first-order valence-electron chi connectivity index (χ1n) is 5.85. The van der Waals surface area contributed by atoms with E-state index >= 15 is 0 Å². The minimum absolute atomic E-state index is 0.0276. The number of hydrogen-bond donors (Lipinski definition) is 2. The van der Waals surface area contributed by atoms with E-state index in [4.69, 9.17) is 5.73 Å². The highest BCUT2D eigenvalue weighted by atomic mass is 16.2. The molecule has 0 heterocycles. The second-order valence-electron chi connectivity index (χ2n) is 4.84. The lowest BCUT2D eigenvalue weighted by atomic mass is 10.1. The van der Waals surface area contributed by atoms with Crippen molar-refractivity contribution < 1.29 is 4.79 Å². The predicted octanol–water partition coefficient (Wildman–Crippen LogP) is 0.289. The van der Waals surface area contributed by atoms with Crippen molar-refractivity contribution in [2.24, 2.45) is 5.73 Å². The predicted molar refractivity (Wildman–Crippen MR) is 67.6 cm³/mol. The van der Waals surface area contributed by atoms with Gasteiger partial charge in [0.15, 0.2) is 0 Å². The number of likely N-dealkylation sites (N-methyl/N-ethyl adjacent to an activating group) is 1. The zero-order chi connectivity index (χ0) is 12.4. The summed E-state index contributed by atoms with van der Waals surface area (Å²) < 4.78 is 0. The number of nitrogens with one attached hydrogen (secondary N) is 1. The number of carbonyl (C=O) groups excluding carboxylic acids is 1. The lowest BCUT2D eigenvalue weighted by Crippen LogP contribution is -2.44. The second-order valence-corrected chi connectivity index (χ2v) is 4.84. The number of fused-ring (bicyclic) bond motifs is 1. The average molecular weight is 233 g/mol. The van der Waals surface area contributed by atoms with E-state index in [0.29, 0.717) is 6.54 Å². The third kappa shape index (κ3) is 2.65. The highest BCUT2D eigenvalue weighted by molar-refractivity contribution is 5.78. The van der Waals surface area contributed by atoms with Crippen molar-refractivity contribution in [3.05, 3.63) is 35.4 Å². The van der Waals surface area contributed by atoms with E-state index in [9.17, 15) is 4.79 Å². The van der Waals surface area contributed by atoms with E-state index < -0.39 is 0 Å². The smallest absolute Gasteiger partial charge is 0.234 e. The Morgan fingerprint density at radius 3 is 2.82 bits per heavy atom. The van der Waals surface area contributed by atoms with Gasteiger partial charge in [0.05, 0.1) is 18.6 Å². The van der Waals surface area contributed by atoms with Crippen LogP contribution in [0.25, 0.3) is 0 Å². The molecule has 17 heavy (non-hydrogen) atoms. The van der Waals surface area contributed by atoms with E-state index in [0.717, 1.165) is 12.0 Å². The van der Waals surface area contributed by atoms with Gasteiger partial charge in [0.25, 0.3) is 0 Å². The molecule has 1 aliphatic carbocycles. The fourth-order valence-corrected chi connectivity index (χ4v) is 2.31. The first kappa shape index (κ1) is 12.1. The summed E-state index contributed by atoms with van der Waals surface area (Å²) in [6, 6.07) is 8.06. The van der Waals surface area contributed by atoms with Gasteiger partial charge in [-0.25, -0.2) is 0 Å². The fraction of sp³-hybridized carbons (Fsp3) is 0.462. The summed E-state index contributed by atoms with van der Waals surface area (Å²) in [4.78, 5) is 13.5. The molecule has 0 aliphatic heterocycles. The summed E-state index contributed by atoms with van der Waals surface area (Å²) in [5.74, 6) is 0.0308. The summed E-state index contributed by atoms with van der Waals surface area (Å²) in [7, 11) is 3.76. The molecule has 1 aromatic carbocycles. The maximum atomic E-state index is 11.7. The molecule has 0 bridgehead atoms. The zero-order valence-electron chi connectivity index (χ0n) is 10.3. The summed E-state index contributed by atoms with van der Waals surface area (Å²) in [5.41, 5.74) is 8.54. The maximum Gasteiger partial charge on any atom is 0.234 e. The summed E-state index contributed by atoms with van der Waals surface area (Å²) in [6.45, 7) is 0.402. The first-order valence-corrected chi connectivity index (χ1v) is 5.85. The Bertz CT molecular complexity index is 417. The molecule has 4 heteroatoms. The Morgan fingerprint density at radius 1 is 1.47 bits per heavy atom. The lowest BCUT2D eigenvalue weighted by molar-refractivity contribution is -0.122. The van der Waals surface area contributed by atoms with Gasteiger partial charge in [-0.2, -0.15) is 0 Å². The molecule has 0 saturated heterocycles. The molecule has 1 aromatic rings. The number of carbonyl (C=O) groups is 1. The van der Waals surface area contributed by atoms with Crippen LogP contribution in [0.3, 0.4) is 0 Å². The number of amides is 1. The Kier molecular flexibility index (Phi) is 3.45. The third-order valence-electron chi connectivity index (χ3n) is 3.09. The molecule has 0 spiro atoms. The highest BCUT2D eigenvalue weighted by Crippen LogP contribution is 2.29. The maximum absolute atomic E-state index is 11.7. The number of nitrogens with zero attached hydrogens (tertiary/aromatic N) is 1. The van der Waals surface area contributed by atoms with Gasteiger partial charge in [-0.05, 0) is 31.6 Å². The molecule has 0 aromatic heterocycles. The van der Waals surface area contributed by atoms with Gasteiger partial charge in [-0.3, -0.25) is 4.79 Å². The minimum atomic E-state index is -0.0858. The number of benzene rings is 1. The van der Waals surface area contributed by atoms with E-state index in [1.165, 1.54) is 5.56 Å². The molecule has 0 radical (unpaired) electrons. The fourth-order valence-electron chi connectivity index (χ4n) is 2.31. The largest absolute Gasteiger partial charge is 0.350 e.